The van der Waals surface area contributed by atoms with Crippen LogP contribution < -0.4 is 11.1 Å². The van der Waals surface area contributed by atoms with Gasteiger partial charge in [-0.05, 0) is 87.3 Å². The monoisotopic (exact) mass is 442 g/mol. The van der Waals surface area contributed by atoms with Crippen molar-refractivity contribution < 1.29 is 0 Å². The van der Waals surface area contributed by atoms with E-state index in [1.807, 2.05) is 0 Å². The minimum Gasteiger partial charge on any atom is -0.370 e. The molecule has 0 atom stereocenters. The molecule has 0 radical (unpaired) electrons. The van der Waals surface area contributed by atoms with Crippen LogP contribution in [0.15, 0.2) is 23.2 Å². The second-order valence-corrected chi connectivity index (χ2v) is 6.90. The molecule has 4 nitrogen and oxygen atoms in total. The van der Waals surface area contributed by atoms with Crippen molar-refractivity contribution in [2.24, 2.45) is 16.6 Å². The van der Waals surface area contributed by atoms with E-state index in [1.165, 1.54) is 62.9 Å². The van der Waals surface area contributed by atoms with Crippen molar-refractivity contribution in [2.45, 2.75) is 45.4 Å². The lowest BCUT2D eigenvalue weighted by molar-refractivity contribution is 0.188. The van der Waals surface area contributed by atoms with Crippen molar-refractivity contribution in [1.29, 1.82) is 0 Å². The molecule has 1 saturated heterocycles. The van der Waals surface area contributed by atoms with Gasteiger partial charge in [-0.1, -0.05) is 13.0 Å². The third-order valence-electron chi connectivity index (χ3n) is 5.34. The van der Waals surface area contributed by atoms with E-state index in [-0.39, 0.29) is 24.0 Å². The number of nitrogens with one attached hydrogen (secondary N) is 1. The van der Waals surface area contributed by atoms with Gasteiger partial charge >= 0.3 is 0 Å². The summed E-state index contributed by atoms with van der Waals surface area (Å²) in [6.45, 7) is 6.75. The van der Waals surface area contributed by atoms with Gasteiger partial charge in [-0.3, -0.25) is 4.99 Å². The van der Waals surface area contributed by atoms with Crippen molar-refractivity contribution in [3.8, 4) is 0 Å². The molecule has 0 spiro atoms. The highest BCUT2D eigenvalue weighted by Crippen LogP contribution is 2.25. The summed E-state index contributed by atoms with van der Waals surface area (Å²) in [6.07, 6.45) is 7.46. The topological polar surface area (TPSA) is 53.6 Å². The molecule has 1 aromatic carbocycles. The fourth-order valence-corrected chi connectivity index (χ4v) is 3.80. The maximum absolute atomic E-state index is 6.04. The predicted molar refractivity (Wildman–Crippen MR) is 113 cm³/mol. The van der Waals surface area contributed by atoms with Crippen LogP contribution >= 0.6 is 24.0 Å². The van der Waals surface area contributed by atoms with E-state index < -0.39 is 0 Å². The van der Waals surface area contributed by atoms with Gasteiger partial charge in [0.1, 0.15) is 0 Å². The average Bonchev–Trinajstić information content (AvgIpc) is 3.03. The van der Waals surface area contributed by atoms with Crippen LogP contribution in [0, 0.1) is 5.92 Å². The molecule has 0 unspecified atom stereocenters. The first-order valence-electron chi connectivity index (χ1n) is 9.15. The van der Waals surface area contributed by atoms with Gasteiger partial charge in [0.2, 0.25) is 0 Å². The lowest BCUT2D eigenvalue weighted by Gasteiger charge is -2.30. The van der Waals surface area contributed by atoms with Crippen LogP contribution in [0.25, 0.3) is 0 Å². The number of hydrogen-bond donors (Lipinski definition) is 2. The molecule has 2 aliphatic rings. The Balaban J connectivity index is 0.00000208. The summed E-state index contributed by atoms with van der Waals surface area (Å²) >= 11 is 0. The zero-order valence-electron chi connectivity index (χ0n) is 14.8. The first kappa shape index (κ1) is 19.5. The molecule has 0 bridgehead atoms. The maximum atomic E-state index is 6.04. The number of aliphatic imine (C=N–C) groups is 1. The number of halogens is 1. The molecule has 1 aliphatic carbocycles. The van der Waals surface area contributed by atoms with Crippen LogP contribution in [0.2, 0.25) is 0 Å². The van der Waals surface area contributed by atoms with Crippen molar-refractivity contribution in [1.82, 2.24) is 4.90 Å². The number of nitrogens with zero attached hydrogens (tertiary/aromatic N) is 2. The Morgan fingerprint density at radius 1 is 1.25 bits per heavy atom. The Morgan fingerprint density at radius 3 is 2.75 bits per heavy atom. The number of rotatable bonds is 5. The van der Waals surface area contributed by atoms with Crippen LogP contribution in [0.3, 0.4) is 0 Å². The molecule has 3 N–H and O–H groups in total. The normalized spacial score (nSPS) is 19.0. The zero-order valence-corrected chi connectivity index (χ0v) is 17.1. The van der Waals surface area contributed by atoms with E-state index in [2.05, 4.69) is 40.3 Å². The Kier molecular flexibility index (Phi) is 7.81. The van der Waals surface area contributed by atoms with E-state index >= 15 is 0 Å². The van der Waals surface area contributed by atoms with Gasteiger partial charge in [-0.2, -0.15) is 0 Å². The number of hydrogen-bond acceptors (Lipinski definition) is 2. The Hall–Kier alpha value is -0.820. The molecule has 5 heteroatoms. The van der Waals surface area contributed by atoms with Crippen LogP contribution in [0.4, 0.5) is 5.69 Å². The third-order valence-corrected chi connectivity index (χ3v) is 5.34. The van der Waals surface area contributed by atoms with Gasteiger partial charge in [0.05, 0.1) is 0 Å². The Labute approximate surface area is 163 Å². The van der Waals surface area contributed by atoms with Crippen molar-refractivity contribution in [3.63, 3.8) is 0 Å². The van der Waals surface area contributed by atoms with E-state index in [0.29, 0.717) is 5.96 Å². The number of guanidine groups is 1. The number of anilines is 1. The summed E-state index contributed by atoms with van der Waals surface area (Å²) in [6, 6.07) is 6.57. The standard InChI is InChI=1S/C19H30N4.HI/c1-2-23-12-9-15(10-13-23)8-11-21-19(20)22-18-7-6-16-4-3-5-17(16)14-18;/h6-7,14-15H,2-5,8-13H2,1H3,(H3,20,21,22);1H. The molecule has 0 amide bonds. The molecular formula is C19H31IN4. The molecule has 1 heterocycles. The summed E-state index contributed by atoms with van der Waals surface area (Å²) in [5.41, 5.74) is 10.1. The summed E-state index contributed by atoms with van der Waals surface area (Å²) in [7, 11) is 0. The highest BCUT2D eigenvalue weighted by Gasteiger charge is 2.17. The van der Waals surface area contributed by atoms with E-state index in [4.69, 9.17) is 5.73 Å². The predicted octanol–water partition coefficient (Wildman–Crippen LogP) is 3.64. The van der Waals surface area contributed by atoms with Crippen molar-refractivity contribution in [3.05, 3.63) is 29.3 Å². The second kappa shape index (κ2) is 9.61. The first-order valence-corrected chi connectivity index (χ1v) is 9.15. The van der Waals surface area contributed by atoms with Gasteiger partial charge in [-0.15, -0.1) is 24.0 Å². The first-order chi connectivity index (χ1) is 11.2. The number of benzene rings is 1. The van der Waals surface area contributed by atoms with Crippen molar-refractivity contribution in [2.75, 3.05) is 31.5 Å². The summed E-state index contributed by atoms with van der Waals surface area (Å²) < 4.78 is 0. The molecule has 1 aliphatic heterocycles. The summed E-state index contributed by atoms with van der Waals surface area (Å²) in [4.78, 5) is 7.05. The number of piperidine rings is 1. The average molecular weight is 442 g/mol. The second-order valence-electron chi connectivity index (χ2n) is 6.90. The maximum Gasteiger partial charge on any atom is 0.193 e. The van der Waals surface area contributed by atoms with E-state index in [0.717, 1.165) is 24.6 Å². The molecule has 24 heavy (non-hydrogen) atoms. The highest BCUT2D eigenvalue weighted by atomic mass is 127. The van der Waals surface area contributed by atoms with Gasteiger partial charge in [0.15, 0.2) is 5.96 Å². The highest BCUT2D eigenvalue weighted by molar-refractivity contribution is 14.0. The van der Waals surface area contributed by atoms with Gasteiger partial charge < -0.3 is 16.0 Å². The van der Waals surface area contributed by atoms with Crippen LogP contribution in [-0.2, 0) is 12.8 Å². The lowest BCUT2D eigenvalue weighted by Crippen LogP contribution is -2.33. The molecule has 1 aromatic rings. The SMILES string of the molecule is CCN1CCC(CCN=C(N)Nc2ccc3c(c2)CCC3)CC1.I. The van der Waals surface area contributed by atoms with Crippen LogP contribution in [0.1, 0.15) is 43.7 Å². The number of nitrogens with two attached hydrogens (primary N) is 1. The van der Waals surface area contributed by atoms with Gasteiger partial charge in [0.25, 0.3) is 0 Å². The molecular weight excluding hydrogens is 411 g/mol. The van der Waals surface area contributed by atoms with Crippen molar-refractivity contribution >= 4 is 35.6 Å². The van der Waals surface area contributed by atoms with E-state index in [1.54, 1.807) is 0 Å². The lowest BCUT2D eigenvalue weighted by atomic mass is 9.94. The number of aryl methyl sites for hydroxylation is 2. The zero-order chi connectivity index (χ0) is 16.1. The smallest absolute Gasteiger partial charge is 0.193 e. The quantitative estimate of drug-likeness (QED) is 0.416. The molecule has 134 valence electrons. The molecule has 0 aromatic heterocycles. The Morgan fingerprint density at radius 2 is 2.00 bits per heavy atom. The number of fused-ring (bicyclic) bond motifs is 1. The minimum absolute atomic E-state index is 0. The fourth-order valence-electron chi connectivity index (χ4n) is 3.80. The molecule has 3 rings (SSSR count). The van der Waals surface area contributed by atoms with Crippen LogP contribution in [-0.4, -0.2) is 37.0 Å². The fraction of sp³-hybridized carbons (Fsp3) is 0.632. The van der Waals surface area contributed by atoms with E-state index in [9.17, 15) is 0 Å². The third kappa shape index (κ3) is 5.34. The largest absolute Gasteiger partial charge is 0.370 e. The molecule has 1 fully saturated rings. The van der Waals surface area contributed by atoms with Gasteiger partial charge in [-0.25, -0.2) is 0 Å². The van der Waals surface area contributed by atoms with Gasteiger partial charge in [0, 0.05) is 12.2 Å². The Bertz CT molecular complexity index is 550. The molecule has 0 saturated carbocycles. The summed E-state index contributed by atoms with van der Waals surface area (Å²) in [5.74, 6) is 1.36. The van der Waals surface area contributed by atoms with Crippen LogP contribution in [0.5, 0.6) is 0 Å². The minimum atomic E-state index is 0. The number of likely N-dealkylation sites (tertiary alicyclic amines) is 1. The summed E-state index contributed by atoms with van der Waals surface area (Å²) in [5, 5.41) is 3.25.